The maximum absolute atomic E-state index is 12.8. The summed E-state index contributed by atoms with van der Waals surface area (Å²) in [7, 11) is 0. The molecule has 0 spiro atoms. The van der Waals surface area contributed by atoms with E-state index in [0.717, 1.165) is 37.9 Å². The average Bonchev–Trinajstić information content (AvgIpc) is 3.03. The smallest absolute Gasteiger partial charge is 0.253 e. The van der Waals surface area contributed by atoms with Gasteiger partial charge in [-0.05, 0) is 55.5 Å². The molecular formula is C22H27NO. The van der Waals surface area contributed by atoms with Gasteiger partial charge >= 0.3 is 0 Å². The molecule has 0 saturated carbocycles. The Kier molecular flexibility index (Phi) is 4.75. The van der Waals surface area contributed by atoms with Gasteiger partial charge in [-0.1, -0.05) is 49.7 Å². The van der Waals surface area contributed by atoms with E-state index in [0.29, 0.717) is 0 Å². The average molecular weight is 321 g/mol. The van der Waals surface area contributed by atoms with E-state index in [-0.39, 0.29) is 11.3 Å². The summed E-state index contributed by atoms with van der Waals surface area (Å²) in [6.45, 7) is 8.26. The van der Waals surface area contributed by atoms with Crippen LogP contribution in [0.15, 0.2) is 48.5 Å². The number of carbonyl (C=O) groups is 1. The minimum absolute atomic E-state index is 0.109. The molecule has 1 aliphatic heterocycles. The Morgan fingerprint density at radius 2 is 1.83 bits per heavy atom. The van der Waals surface area contributed by atoms with Gasteiger partial charge in [0.15, 0.2) is 0 Å². The van der Waals surface area contributed by atoms with Crippen LogP contribution in [-0.4, -0.2) is 23.9 Å². The molecule has 0 N–H and O–H groups in total. The molecular weight excluding hydrogens is 294 g/mol. The molecule has 0 bridgehead atoms. The lowest BCUT2D eigenvalue weighted by atomic mass is 9.75. The first-order valence-electron chi connectivity index (χ1n) is 8.98. The van der Waals surface area contributed by atoms with Gasteiger partial charge < -0.3 is 4.90 Å². The summed E-state index contributed by atoms with van der Waals surface area (Å²) >= 11 is 0. The molecule has 1 unspecified atom stereocenters. The van der Waals surface area contributed by atoms with Crippen molar-refractivity contribution < 1.29 is 4.79 Å². The second-order valence-electron chi connectivity index (χ2n) is 7.17. The number of carbonyl (C=O) groups excluding carboxylic acids is 1. The SMILES string of the molecule is CCCC1(c2ccc(C)c(C)c2)CCN(C(=O)c2ccccc2)C1. The third kappa shape index (κ3) is 3.10. The van der Waals surface area contributed by atoms with Gasteiger partial charge in [-0.15, -0.1) is 0 Å². The highest BCUT2D eigenvalue weighted by atomic mass is 16.2. The normalized spacial score (nSPS) is 20.4. The lowest BCUT2D eigenvalue weighted by Gasteiger charge is -2.30. The first kappa shape index (κ1) is 16.8. The van der Waals surface area contributed by atoms with Crippen molar-refractivity contribution in [2.75, 3.05) is 13.1 Å². The molecule has 0 aromatic heterocycles. The zero-order valence-corrected chi connectivity index (χ0v) is 15.0. The third-order valence-electron chi connectivity index (χ3n) is 5.51. The zero-order valence-electron chi connectivity index (χ0n) is 15.0. The Bertz CT molecular complexity index is 722. The van der Waals surface area contributed by atoms with Crippen molar-refractivity contribution in [1.29, 1.82) is 0 Å². The molecule has 0 radical (unpaired) electrons. The van der Waals surface area contributed by atoms with Gasteiger partial charge in [0.05, 0.1) is 0 Å². The van der Waals surface area contributed by atoms with Crippen LogP contribution in [0.1, 0.15) is 53.2 Å². The maximum Gasteiger partial charge on any atom is 0.253 e. The number of likely N-dealkylation sites (tertiary alicyclic amines) is 1. The van der Waals surface area contributed by atoms with E-state index in [1.54, 1.807) is 0 Å². The van der Waals surface area contributed by atoms with E-state index in [9.17, 15) is 4.79 Å². The molecule has 24 heavy (non-hydrogen) atoms. The quantitative estimate of drug-likeness (QED) is 0.785. The van der Waals surface area contributed by atoms with Crippen LogP contribution < -0.4 is 0 Å². The van der Waals surface area contributed by atoms with Gasteiger partial charge in [0.25, 0.3) is 5.91 Å². The van der Waals surface area contributed by atoms with E-state index in [1.165, 1.54) is 16.7 Å². The van der Waals surface area contributed by atoms with Crippen molar-refractivity contribution in [1.82, 2.24) is 4.90 Å². The predicted molar refractivity (Wildman–Crippen MR) is 99.5 cm³/mol. The number of rotatable bonds is 4. The number of amides is 1. The molecule has 0 aliphatic carbocycles. The van der Waals surface area contributed by atoms with Crippen molar-refractivity contribution in [3.05, 3.63) is 70.8 Å². The zero-order chi connectivity index (χ0) is 17.2. The molecule has 1 atom stereocenters. The number of nitrogens with zero attached hydrogens (tertiary/aromatic N) is 1. The highest BCUT2D eigenvalue weighted by Crippen LogP contribution is 2.39. The second kappa shape index (κ2) is 6.80. The highest BCUT2D eigenvalue weighted by molar-refractivity contribution is 5.94. The van der Waals surface area contributed by atoms with E-state index in [2.05, 4.69) is 39.0 Å². The summed E-state index contributed by atoms with van der Waals surface area (Å²) in [5.41, 5.74) is 4.98. The Labute approximate surface area is 145 Å². The van der Waals surface area contributed by atoms with Gasteiger partial charge in [-0.3, -0.25) is 4.79 Å². The minimum Gasteiger partial charge on any atom is -0.338 e. The standard InChI is InChI=1S/C22H27NO/c1-4-12-22(20-11-10-17(2)18(3)15-20)13-14-23(16-22)21(24)19-8-6-5-7-9-19/h5-11,15H,4,12-14,16H2,1-3H3. The minimum atomic E-state index is 0.109. The van der Waals surface area contributed by atoms with Crippen LogP contribution >= 0.6 is 0 Å². The number of hydrogen-bond donors (Lipinski definition) is 0. The first-order valence-corrected chi connectivity index (χ1v) is 8.98. The maximum atomic E-state index is 12.8. The summed E-state index contributed by atoms with van der Waals surface area (Å²) in [4.78, 5) is 14.9. The first-order chi connectivity index (χ1) is 11.6. The number of aryl methyl sites for hydroxylation is 2. The molecule has 1 saturated heterocycles. The summed E-state index contributed by atoms with van der Waals surface area (Å²) in [6, 6.07) is 16.5. The Morgan fingerprint density at radius 1 is 1.08 bits per heavy atom. The molecule has 1 amide bonds. The summed E-state index contributed by atoms with van der Waals surface area (Å²) < 4.78 is 0. The monoisotopic (exact) mass is 321 g/mol. The Hall–Kier alpha value is -2.09. The van der Waals surface area contributed by atoms with Gasteiger partial charge in [0.1, 0.15) is 0 Å². The van der Waals surface area contributed by atoms with E-state index >= 15 is 0 Å². The van der Waals surface area contributed by atoms with E-state index in [1.807, 2.05) is 35.2 Å². The number of benzene rings is 2. The molecule has 1 fully saturated rings. The molecule has 1 aliphatic rings. The third-order valence-corrected chi connectivity index (χ3v) is 5.51. The molecule has 2 nitrogen and oxygen atoms in total. The van der Waals surface area contributed by atoms with Gasteiger partial charge in [-0.2, -0.15) is 0 Å². The molecule has 2 aromatic carbocycles. The fourth-order valence-electron chi connectivity index (χ4n) is 3.94. The largest absolute Gasteiger partial charge is 0.338 e. The number of hydrogen-bond acceptors (Lipinski definition) is 1. The van der Waals surface area contributed by atoms with Crippen molar-refractivity contribution in [2.24, 2.45) is 0 Å². The molecule has 126 valence electrons. The lowest BCUT2D eigenvalue weighted by molar-refractivity contribution is 0.0782. The van der Waals surface area contributed by atoms with E-state index < -0.39 is 0 Å². The van der Waals surface area contributed by atoms with Crippen molar-refractivity contribution in [2.45, 2.75) is 45.4 Å². The summed E-state index contributed by atoms with van der Waals surface area (Å²) in [6.07, 6.45) is 3.33. The van der Waals surface area contributed by atoms with Crippen LogP contribution in [-0.2, 0) is 5.41 Å². The van der Waals surface area contributed by atoms with Crippen LogP contribution in [0, 0.1) is 13.8 Å². The van der Waals surface area contributed by atoms with Crippen LogP contribution in [0.5, 0.6) is 0 Å². The molecule has 2 heteroatoms. The fourth-order valence-corrected chi connectivity index (χ4v) is 3.94. The molecule has 3 rings (SSSR count). The van der Waals surface area contributed by atoms with Crippen LogP contribution in [0.25, 0.3) is 0 Å². The predicted octanol–water partition coefficient (Wildman–Crippen LogP) is 4.89. The van der Waals surface area contributed by atoms with Crippen molar-refractivity contribution in [3.63, 3.8) is 0 Å². The van der Waals surface area contributed by atoms with Gasteiger partial charge in [-0.25, -0.2) is 0 Å². The van der Waals surface area contributed by atoms with Gasteiger partial charge in [0, 0.05) is 24.1 Å². The summed E-state index contributed by atoms with van der Waals surface area (Å²) in [5.74, 6) is 0.164. The van der Waals surface area contributed by atoms with Crippen LogP contribution in [0.2, 0.25) is 0 Å². The second-order valence-corrected chi connectivity index (χ2v) is 7.17. The Morgan fingerprint density at radius 3 is 2.50 bits per heavy atom. The fraction of sp³-hybridized carbons (Fsp3) is 0.409. The highest BCUT2D eigenvalue weighted by Gasteiger charge is 2.40. The molecule has 2 aromatic rings. The van der Waals surface area contributed by atoms with Crippen molar-refractivity contribution >= 4 is 5.91 Å². The van der Waals surface area contributed by atoms with Crippen molar-refractivity contribution in [3.8, 4) is 0 Å². The Balaban J connectivity index is 1.87. The van der Waals surface area contributed by atoms with Crippen LogP contribution in [0.4, 0.5) is 0 Å². The van der Waals surface area contributed by atoms with Crippen LogP contribution in [0.3, 0.4) is 0 Å². The lowest BCUT2D eigenvalue weighted by Crippen LogP contribution is -2.34. The molecule has 1 heterocycles. The topological polar surface area (TPSA) is 20.3 Å². The van der Waals surface area contributed by atoms with Gasteiger partial charge in [0.2, 0.25) is 0 Å². The summed E-state index contributed by atoms with van der Waals surface area (Å²) in [5, 5.41) is 0. The van der Waals surface area contributed by atoms with E-state index in [4.69, 9.17) is 0 Å².